The zero-order valence-corrected chi connectivity index (χ0v) is 8.40. The van der Waals surface area contributed by atoms with Crippen LogP contribution in [0, 0.1) is 0 Å². The monoisotopic (exact) mass is 185 g/mol. The Balaban J connectivity index is 2.51. The summed E-state index contributed by atoms with van der Waals surface area (Å²) in [6, 6.07) is 15.0. The lowest BCUT2D eigenvalue weighted by atomic mass is 9.98. The van der Waals surface area contributed by atoms with Crippen molar-refractivity contribution in [1.82, 2.24) is 0 Å². The molecule has 0 fully saturated rings. The first kappa shape index (κ1) is 9.22. The second-order valence-corrected chi connectivity index (χ2v) is 3.74. The average molecular weight is 185 g/mol. The normalized spacial score (nSPS) is 13.0. The van der Waals surface area contributed by atoms with E-state index in [-0.39, 0.29) is 0 Å². The fraction of sp³-hybridized carbons (Fsp3) is 0.231. The third kappa shape index (κ3) is 1.64. The third-order valence-electron chi connectivity index (χ3n) is 2.70. The van der Waals surface area contributed by atoms with Crippen molar-refractivity contribution in [2.75, 3.05) is 6.54 Å². The molecule has 0 radical (unpaired) electrons. The average Bonchev–Trinajstić information content (AvgIpc) is 2.27. The molecule has 0 bridgehead atoms. The van der Waals surface area contributed by atoms with Gasteiger partial charge in [0.15, 0.2) is 0 Å². The molecule has 0 aliphatic carbocycles. The molecule has 0 spiro atoms. The van der Waals surface area contributed by atoms with Gasteiger partial charge in [-0.2, -0.15) is 0 Å². The van der Waals surface area contributed by atoms with E-state index in [4.69, 9.17) is 5.73 Å². The Bertz CT molecular complexity index is 434. The molecule has 0 aliphatic heterocycles. The van der Waals surface area contributed by atoms with Crippen molar-refractivity contribution in [2.24, 2.45) is 5.73 Å². The molecule has 1 atom stereocenters. The number of hydrogen-bond donors (Lipinski definition) is 1. The van der Waals surface area contributed by atoms with E-state index in [1.165, 1.54) is 16.3 Å². The first-order valence-electron chi connectivity index (χ1n) is 5.00. The maximum Gasteiger partial charge on any atom is -0.00109 e. The minimum absolute atomic E-state index is 0.444. The van der Waals surface area contributed by atoms with Crippen LogP contribution in [0.3, 0.4) is 0 Å². The molecular formula is C13H15N. The van der Waals surface area contributed by atoms with Gasteiger partial charge in [0.2, 0.25) is 0 Å². The van der Waals surface area contributed by atoms with Gasteiger partial charge in [-0.15, -0.1) is 0 Å². The summed E-state index contributed by atoms with van der Waals surface area (Å²) < 4.78 is 0. The molecule has 1 unspecified atom stereocenters. The van der Waals surface area contributed by atoms with E-state index in [1.54, 1.807) is 0 Å². The second kappa shape index (κ2) is 3.81. The summed E-state index contributed by atoms with van der Waals surface area (Å²) in [5.74, 6) is 0.444. The van der Waals surface area contributed by atoms with E-state index in [2.05, 4.69) is 49.4 Å². The molecular weight excluding hydrogens is 170 g/mol. The molecule has 1 nitrogen and oxygen atoms in total. The van der Waals surface area contributed by atoms with Crippen LogP contribution in [0.1, 0.15) is 18.4 Å². The van der Waals surface area contributed by atoms with Crippen LogP contribution in [0.4, 0.5) is 0 Å². The molecule has 2 aromatic carbocycles. The third-order valence-corrected chi connectivity index (χ3v) is 2.70. The molecule has 0 aromatic heterocycles. The summed E-state index contributed by atoms with van der Waals surface area (Å²) in [5.41, 5.74) is 6.97. The molecule has 14 heavy (non-hydrogen) atoms. The summed E-state index contributed by atoms with van der Waals surface area (Å²) in [7, 11) is 0. The van der Waals surface area contributed by atoms with Crippen LogP contribution >= 0.6 is 0 Å². The zero-order valence-electron chi connectivity index (χ0n) is 8.40. The molecule has 2 rings (SSSR count). The highest BCUT2D eigenvalue weighted by Gasteiger charge is 2.02. The standard InChI is InChI=1S/C13H15N/c1-10(9-14)12-7-6-11-4-2-3-5-13(11)8-12/h2-8,10H,9,14H2,1H3. The molecule has 0 saturated carbocycles. The number of nitrogens with two attached hydrogens (primary N) is 1. The van der Waals surface area contributed by atoms with Gasteiger partial charge in [0.05, 0.1) is 0 Å². The fourth-order valence-corrected chi connectivity index (χ4v) is 1.65. The van der Waals surface area contributed by atoms with E-state index in [0.29, 0.717) is 12.5 Å². The number of hydrogen-bond acceptors (Lipinski definition) is 1. The topological polar surface area (TPSA) is 26.0 Å². The molecule has 2 N–H and O–H groups in total. The van der Waals surface area contributed by atoms with Crippen LogP contribution in [0.2, 0.25) is 0 Å². The molecule has 0 amide bonds. The maximum absolute atomic E-state index is 5.65. The number of benzene rings is 2. The highest BCUT2D eigenvalue weighted by Crippen LogP contribution is 2.20. The molecule has 1 heteroatoms. The lowest BCUT2D eigenvalue weighted by molar-refractivity contribution is 0.775. The van der Waals surface area contributed by atoms with Gasteiger partial charge in [-0.1, -0.05) is 49.4 Å². The van der Waals surface area contributed by atoms with Gasteiger partial charge in [0.25, 0.3) is 0 Å². The Morgan fingerprint density at radius 2 is 1.79 bits per heavy atom. The lowest BCUT2D eigenvalue weighted by Crippen LogP contribution is -2.08. The van der Waals surface area contributed by atoms with Crippen molar-refractivity contribution in [3.8, 4) is 0 Å². The molecule has 0 aliphatic rings. The van der Waals surface area contributed by atoms with Gasteiger partial charge < -0.3 is 5.73 Å². The van der Waals surface area contributed by atoms with Gasteiger partial charge in [-0.25, -0.2) is 0 Å². The summed E-state index contributed by atoms with van der Waals surface area (Å²) in [4.78, 5) is 0. The van der Waals surface area contributed by atoms with Crippen LogP contribution in [0.5, 0.6) is 0 Å². The minimum atomic E-state index is 0.444. The SMILES string of the molecule is CC(CN)c1ccc2ccccc2c1. The quantitative estimate of drug-likeness (QED) is 0.765. The van der Waals surface area contributed by atoms with Gasteiger partial charge in [-0.05, 0) is 28.8 Å². The first-order chi connectivity index (χ1) is 6.81. The van der Waals surface area contributed by atoms with E-state index in [9.17, 15) is 0 Å². The summed E-state index contributed by atoms with van der Waals surface area (Å²) in [5, 5.41) is 2.59. The first-order valence-corrected chi connectivity index (χ1v) is 5.00. The van der Waals surface area contributed by atoms with Crippen molar-refractivity contribution in [2.45, 2.75) is 12.8 Å². The van der Waals surface area contributed by atoms with Crippen molar-refractivity contribution < 1.29 is 0 Å². The minimum Gasteiger partial charge on any atom is -0.330 e. The smallest absolute Gasteiger partial charge is 0.00109 e. The molecule has 0 heterocycles. The highest BCUT2D eigenvalue weighted by molar-refractivity contribution is 5.83. The van der Waals surface area contributed by atoms with Gasteiger partial charge in [0.1, 0.15) is 0 Å². The second-order valence-electron chi connectivity index (χ2n) is 3.74. The number of fused-ring (bicyclic) bond motifs is 1. The van der Waals surface area contributed by atoms with Crippen LogP contribution in [-0.4, -0.2) is 6.54 Å². The van der Waals surface area contributed by atoms with Gasteiger partial charge in [0, 0.05) is 0 Å². The Labute approximate surface area is 84.5 Å². The fourth-order valence-electron chi connectivity index (χ4n) is 1.65. The van der Waals surface area contributed by atoms with Crippen molar-refractivity contribution in [1.29, 1.82) is 0 Å². The summed E-state index contributed by atoms with van der Waals surface area (Å²) >= 11 is 0. The van der Waals surface area contributed by atoms with Gasteiger partial charge >= 0.3 is 0 Å². The van der Waals surface area contributed by atoms with E-state index in [1.807, 2.05) is 0 Å². The van der Waals surface area contributed by atoms with E-state index >= 15 is 0 Å². The highest BCUT2D eigenvalue weighted by atomic mass is 14.5. The summed E-state index contributed by atoms with van der Waals surface area (Å²) in [6.45, 7) is 2.86. The van der Waals surface area contributed by atoms with Crippen molar-refractivity contribution in [3.63, 3.8) is 0 Å². The van der Waals surface area contributed by atoms with E-state index in [0.717, 1.165) is 0 Å². The Hall–Kier alpha value is -1.34. The number of rotatable bonds is 2. The molecule has 72 valence electrons. The van der Waals surface area contributed by atoms with Crippen LogP contribution in [-0.2, 0) is 0 Å². The van der Waals surface area contributed by atoms with Crippen LogP contribution in [0.25, 0.3) is 10.8 Å². The lowest BCUT2D eigenvalue weighted by Gasteiger charge is -2.09. The van der Waals surface area contributed by atoms with Crippen LogP contribution < -0.4 is 5.73 Å². The molecule has 0 saturated heterocycles. The Morgan fingerprint density at radius 1 is 1.07 bits per heavy atom. The zero-order chi connectivity index (χ0) is 9.97. The predicted molar refractivity (Wildman–Crippen MR) is 61.4 cm³/mol. The largest absolute Gasteiger partial charge is 0.330 e. The molecule has 2 aromatic rings. The van der Waals surface area contributed by atoms with Gasteiger partial charge in [-0.3, -0.25) is 0 Å². The summed E-state index contributed by atoms with van der Waals surface area (Å²) in [6.07, 6.45) is 0. The van der Waals surface area contributed by atoms with E-state index < -0.39 is 0 Å². The Morgan fingerprint density at radius 3 is 2.50 bits per heavy atom. The Kier molecular flexibility index (Phi) is 2.51. The van der Waals surface area contributed by atoms with Crippen molar-refractivity contribution in [3.05, 3.63) is 48.0 Å². The van der Waals surface area contributed by atoms with Crippen LogP contribution in [0.15, 0.2) is 42.5 Å². The maximum atomic E-state index is 5.65. The van der Waals surface area contributed by atoms with Crippen molar-refractivity contribution >= 4 is 10.8 Å². The predicted octanol–water partition coefficient (Wildman–Crippen LogP) is 2.90.